The van der Waals surface area contributed by atoms with Gasteiger partial charge in [-0.1, -0.05) is 12.1 Å². The summed E-state index contributed by atoms with van der Waals surface area (Å²) < 4.78 is 11.2. The Morgan fingerprint density at radius 2 is 1.74 bits per heavy atom. The summed E-state index contributed by atoms with van der Waals surface area (Å²) in [6, 6.07) is 7.46. The van der Waals surface area contributed by atoms with Gasteiger partial charge in [0, 0.05) is 13.1 Å². The maximum absolute atomic E-state index is 12.7. The lowest BCUT2D eigenvalue weighted by Gasteiger charge is -2.33. The van der Waals surface area contributed by atoms with Crippen LogP contribution in [0.1, 0.15) is 47.1 Å². The molecule has 1 saturated heterocycles. The van der Waals surface area contributed by atoms with E-state index in [0.717, 1.165) is 11.3 Å². The van der Waals surface area contributed by atoms with Gasteiger partial charge in [-0.05, 0) is 65.7 Å². The average molecular weight is 376 g/mol. The van der Waals surface area contributed by atoms with Crippen molar-refractivity contribution in [1.29, 1.82) is 0 Å². The normalized spacial score (nSPS) is 18.4. The Kier molecular flexibility index (Phi) is 6.52. The van der Waals surface area contributed by atoms with Gasteiger partial charge in [-0.15, -0.1) is 0 Å². The first-order chi connectivity index (χ1) is 12.4. The first kappa shape index (κ1) is 21.2. The van der Waals surface area contributed by atoms with E-state index in [4.69, 9.17) is 9.47 Å². The summed E-state index contributed by atoms with van der Waals surface area (Å²) in [4.78, 5) is 26.3. The molecule has 0 radical (unpaired) electrons. The third-order valence-electron chi connectivity index (χ3n) is 3.91. The number of hydrogen-bond donors (Lipinski definition) is 1. The van der Waals surface area contributed by atoms with Crippen molar-refractivity contribution in [2.75, 3.05) is 19.6 Å². The van der Waals surface area contributed by atoms with E-state index in [1.54, 1.807) is 4.90 Å². The van der Waals surface area contributed by atoms with Crippen LogP contribution in [0.25, 0.3) is 0 Å². The van der Waals surface area contributed by atoms with E-state index < -0.39 is 5.60 Å². The van der Waals surface area contributed by atoms with Crippen LogP contribution in [0.3, 0.4) is 0 Å². The summed E-state index contributed by atoms with van der Waals surface area (Å²) in [5.41, 5.74) is 0.246. The lowest BCUT2D eigenvalue weighted by molar-refractivity contribution is -0.159. The summed E-state index contributed by atoms with van der Waals surface area (Å²) in [6.45, 7) is 12.6. The number of hydrogen-bond acceptors (Lipinski definition) is 5. The quantitative estimate of drug-likeness (QED) is 0.800. The van der Waals surface area contributed by atoms with Crippen LogP contribution in [0, 0.1) is 0 Å². The number of carbonyl (C=O) groups is 2. The largest absolute Gasteiger partial charge is 0.488 e. The Hall–Kier alpha value is -2.08. The second-order valence-corrected chi connectivity index (χ2v) is 8.92. The standard InChI is InChI=1S/C21H32N2O4/c1-20(2,3)26-16-9-7-15(8-10-16)13-17-19(25)23(12-11-22-17)14-18(24)27-21(4,5)6/h7-10,17,22H,11-14H2,1-6H3. The van der Waals surface area contributed by atoms with Gasteiger partial charge in [-0.2, -0.15) is 0 Å². The Morgan fingerprint density at radius 1 is 1.11 bits per heavy atom. The molecule has 1 aromatic carbocycles. The van der Waals surface area contributed by atoms with Crippen LogP contribution in [0.4, 0.5) is 0 Å². The summed E-state index contributed by atoms with van der Waals surface area (Å²) in [7, 11) is 0. The van der Waals surface area contributed by atoms with Crippen molar-refractivity contribution in [1.82, 2.24) is 10.2 Å². The molecule has 2 rings (SSSR count). The van der Waals surface area contributed by atoms with Crippen molar-refractivity contribution in [2.24, 2.45) is 0 Å². The molecule has 0 spiro atoms. The van der Waals surface area contributed by atoms with Gasteiger partial charge in [0.15, 0.2) is 0 Å². The number of nitrogens with zero attached hydrogens (tertiary/aromatic N) is 1. The minimum Gasteiger partial charge on any atom is -0.488 e. The number of carbonyl (C=O) groups excluding carboxylic acids is 2. The third-order valence-corrected chi connectivity index (χ3v) is 3.91. The minimum absolute atomic E-state index is 0.00730. The monoisotopic (exact) mass is 376 g/mol. The number of piperazine rings is 1. The van der Waals surface area contributed by atoms with Crippen molar-refractivity contribution >= 4 is 11.9 Å². The van der Waals surface area contributed by atoms with E-state index in [9.17, 15) is 9.59 Å². The summed E-state index contributed by atoms with van der Waals surface area (Å²) in [6.07, 6.45) is 0.569. The molecule has 1 N–H and O–H groups in total. The molecule has 1 aliphatic heterocycles. The van der Waals surface area contributed by atoms with Crippen molar-refractivity contribution < 1.29 is 19.1 Å². The maximum atomic E-state index is 12.7. The van der Waals surface area contributed by atoms with E-state index in [1.807, 2.05) is 65.8 Å². The van der Waals surface area contributed by atoms with Crippen LogP contribution >= 0.6 is 0 Å². The molecule has 6 nitrogen and oxygen atoms in total. The molecule has 27 heavy (non-hydrogen) atoms. The molecule has 1 heterocycles. The van der Waals surface area contributed by atoms with E-state index >= 15 is 0 Å². The number of amides is 1. The first-order valence-electron chi connectivity index (χ1n) is 9.45. The van der Waals surface area contributed by atoms with Crippen LogP contribution in [0.2, 0.25) is 0 Å². The van der Waals surface area contributed by atoms with Crippen LogP contribution in [0.5, 0.6) is 5.75 Å². The molecule has 1 unspecified atom stereocenters. The molecule has 0 saturated carbocycles. The lowest BCUT2D eigenvalue weighted by atomic mass is 10.0. The predicted molar refractivity (Wildman–Crippen MR) is 105 cm³/mol. The highest BCUT2D eigenvalue weighted by Gasteiger charge is 2.30. The van der Waals surface area contributed by atoms with Gasteiger partial charge in [-0.25, -0.2) is 0 Å². The SMILES string of the molecule is CC(C)(C)OC(=O)CN1CCNC(Cc2ccc(OC(C)(C)C)cc2)C1=O. The fourth-order valence-corrected chi connectivity index (χ4v) is 2.92. The first-order valence-corrected chi connectivity index (χ1v) is 9.45. The number of ether oxygens (including phenoxy) is 2. The van der Waals surface area contributed by atoms with Gasteiger partial charge in [0.05, 0.1) is 6.04 Å². The Balaban J connectivity index is 1.94. The lowest BCUT2D eigenvalue weighted by Crippen LogP contribution is -2.57. The Bertz CT molecular complexity index is 656. The van der Waals surface area contributed by atoms with Gasteiger partial charge in [0.25, 0.3) is 0 Å². The van der Waals surface area contributed by atoms with E-state index in [2.05, 4.69) is 5.32 Å². The van der Waals surface area contributed by atoms with Gasteiger partial charge < -0.3 is 19.7 Å². The van der Waals surface area contributed by atoms with Crippen LogP contribution in [0.15, 0.2) is 24.3 Å². The van der Waals surface area contributed by atoms with Crippen molar-refractivity contribution in [3.05, 3.63) is 29.8 Å². The molecule has 0 aromatic heterocycles. The Morgan fingerprint density at radius 3 is 2.30 bits per heavy atom. The van der Waals surface area contributed by atoms with Gasteiger partial charge in [0.1, 0.15) is 23.5 Å². The molecule has 1 aromatic rings. The molecule has 0 aliphatic carbocycles. The van der Waals surface area contributed by atoms with Crippen LogP contribution in [-0.4, -0.2) is 53.7 Å². The zero-order valence-electron chi connectivity index (χ0n) is 17.3. The predicted octanol–water partition coefficient (Wildman–Crippen LogP) is 2.55. The summed E-state index contributed by atoms with van der Waals surface area (Å²) in [5, 5.41) is 3.25. The van der Waals surface area contributed by atoms with Crippen molar-refractivity contribution in [3.8, 4) is 5.75 Å². The average Bonchev–Trinajstić information content (AvgIpc) is 2.50. The number of esters is 1. The summed E-state index contributed by atoms with van der Waals surface area (Å²) >= 11 is 0. The van der Waals surface area contributed by atoms with Crippen molar-refractivity contribution in [3.63, 3.8) is 0 Å². The molecule has 150 valence electrons. The van der Waals surface area contributed by atoms with E-state index in [1.165, 1.54) is 0 Å². The number of nitrogens with one attached hydrogen (secondary N) is 1. The highest BCUT2D eigenvalue weighted by atomic mass is 16.6. The van der Waals surface area contributed by atoms with Crippen LogP contribution in [-0.2, 0) is 20.7 Å². The van der Waals surface area contributed by atoms with E-state index in [-0.39, 0.29) is 30.1 Å². The second-order valence-electron chi connectivity index (χ2n) is 8.92. The zero-order chi connectivity index (χ0) is 20.2. The molecular formula is C21H32N2O4. The van der Waals surface area contributed by atoms with Gasteiger partial charge >= 0.3 is 5.97 Å². The number of rotatable bonds is 5. The molecule has 1 fully saturated rings. The van der Waals surface area contributed by atoms with E-state index in [0.29, 0.717) is 19.5 Å². The molecule has 1 amide bonds. The fourth-order valence-electron chi connectivity index (χ4n) is 2.92. The van der Waals surface area contributed by atoms with Crippen molar-refractivity contribution in [2.45, 2.75) is 65.2 Å². The topological polar surface area (TPSA) is 67.9 Å². The number of benzene rings is 1. The second kappa shape index (κ2) is 8.30. The summed E-state index contributed by atoms with van der Waals surface area (Å²) in [5.74, 6) is 0.364. The smallest absolute Gasteiger partial charge is 0.326 e. The molecule has 6 heteroatoms. The molecule has 1 aliphatic rings. The zero-order valence-corrected chi connectivity index (χ0v) is 17.3. The highest BCUT2D eigenvalue weighted by molar-refractivity contribution is 5.86. The van der Waals surface area contributed by atoms with Gasteiger partial charge in [-0.3, -0.25) is 9.59 Å². The molecular weight excluding hydrogens is 344 g/mol. The minimum atomic E-state index is -0.551. The fraction of sp³-hybridized carbons (Fsp3) is 0.619. The Labute approximate surface area is 162 Å². The molecule has 1 atom stereocenters. The third kappa shape index (κ3) is 7.21. The van der Waals surface area contributed by atoms with Crippen LogP contribution < -0.4 is 10.1 Å². The van der Waals surface area contributed by atoms with Gasteiger partial charge in [0.2, 0.25) is 5.91 Å². The maximum Gasteiger partial charge on any atom is 0.326 e. The highest BCUT2D eigenvalue weighted by Crippen LogP contribution is 2.19. The molecule has 0 bridgehead atoms.